The third-order valence-electron chi connectivity index (χ3n) is 2.92. The van der Waals surface area contributed by atoms with Crippen LogP contribution >= 0.6 is 0 Å². The van der Waals surface area contributed by atoms with Gasteiger partial charge in [0.25, 0.3) is 0 Å². The van der Waals surface area contributed by atoms with Gasteiger partial charge in [-0.1, -0.05) is 6.08 Å². The van der Waals surface area contributed by atoms with Crippen LogP contribution in [-0.2, 0) is 11.3 Å². The van der Waals surface area contributed by atoms with E-state index in [1.54, 1.807) is 6.08 Å². The molecule has 0 aliphatic carbocycles. The highest BCUT2D eigenvalue weighted by atomic mass is 19.1. The lowest BCUT2D eigenvalue weighted by Crippen LogP contribution is -2.38. The molecule has 0 unspecified atom stereocenters. The minimum absolute atomic E-state index is 0.264. The predicted molar refractivity (Wildman–Crippen MR) is 69.9 cm³/mol. The van der Waals surface area contributed by atoms with E-state index in [4.69, 9.17) is 5.11 Å². The number of benzene rings is 1. The number of rotatable bonds is 3. The highest BCUT2D eigenvalue weighted by molar-refractivity contribution is 5.93. The number of halogens is 3. The number of carbonyl (C=O) groups is 2. The molecule has 1 aliphatic heterocycles. The topological polar surface area (TPSA) is 69.6 Å². The molecule has 0 fully saturated rings. The van der Waals surface area contributed by atoms with Crippen molar-refractivity contribution in [3.8, 4) is 0 Å². The molecule has 1 aromatic rings. The molecule has 0 radical (unpaired) electrons. The first kappa shape index (κ1) is 15.6. The summed E-state index contributed by atoms with van der Waals surface area (Å²) >= 11 is 0. The van der Waals surface area contributed by atoms with E-state index < -0.39 is 41.6 Å². The number of aliphatic carboxylic acids is 1. The standard InChI is InChI=1S/C14H11F3N2O3/c15-8-5-10(16)9(11(17)6-8)7-18-14(22)19-4-2-1-3-12(19)13(20)21/h2-6H,1,7H2,(H,18,22)(H,20,21). The summed E-state index contributed by atoms with van der Waals surface area (Å²) in [6, 6.07) is 0.120. The molecule has 0 atom stereocenters. The molecule has 1 heterocycles. The number of urea groups is 1. The molecule has 0 saturated heterocycles. The van der Waals surface area contributed by atoms with Crippen LogP contribution in [0.15, 0.2) is 36.2 Å². The lowest BCUT2D eigenvalue weighted by atomic mass is 10.2. The third kappa shape index (κ3) is 3.27. The van der Waals surface area contributed by atoms with Crippen LogP contribution < -0.4 is 5.32 Å². The number of carboxylic acid groups (broad SMARTS) is 1. The lowest BCUT2D eigenvalue weighted by Gasteiger charge is -2.22. The first-order valence-corrected chi connectivity index (χ1v) is 6.20. The maximum Gasteiger partial charge on any atom is 0.352 e. The van der Waals surface area contributed by atoms with Gasteiger partial charge in [-0.3, -0.25) is 4.90 Å². The van der Waals surface area contributed by atoms with E-state index in [2.05, 4.69) is 5.32 Å². The molecule has 22 heavy (non-hydrogen) atoms. The fraction of sp³-hybridized carbons (Fsp3) is 0.143. The van der Waals surface area contributed by atoms with Gasteiger partial charge in [0.15, 0.2) is 0 Å². The van der Waals surface area contributed by atoms with Crippen molar-refractivity contribution < 1.29 is 27.9 Å². The summed E-state index contributed by atoms with van der Waals surface area (Å²) < 4.78 is 39.7. The van der Waals surface area contributed by atoms with Gasteiger partial charge in [-0.15, -0.1) is 0 Å². The second-order valence-corrected chi connectivity index (χ2v) is 4.39. The summed E-state index contributed by atoms with van der Waals surface area (Å²) in [4.78, 5) is 23.7. The number of carboxylic acids is 1. The van der Waals surface area contributed by atoms with Gasteiger partial charge in [0.2, 0.25) is 0 Å². The number of amides is 2. The summed E-state index contributed by atoms with van der Waals surface area (Å²) in [5, 5.41) is 11.2. The molecule has 116 valence electrons. The molecular weight excluding hydrogens is 301 g/mol. The van der Waals surface area contributed by atoms with E-state index in [9.17, 15) is 22.8 Å². The van der Waals surface area contributed by atoms with Crippen molar-refractivity contribution in [3.05, 3.63) is 59.2 Å². The number of nitrogens with one attached hydrogen (secondary N) is 1. The van der Waals surface area contributed by atoms with Gasteiger partial charge in [-0.05, 0) is 12.5 Å². The van der Waals surface area contributed by atoms with E-state index in [1.165, 1.54) is 12.3 Å². The SMILES string of the molecule is O=C(O)C1=CCC=CN1C(=O)NCc1c(F)cc(F)cc1F. The molecule has 0 saturated carbocycles. The van der Waals surface area contributed by atoms with Crippen LogP contribution in [0.1, 0.15) is 12.0 Å². The lowest BCUT2D eigenvalue weighted by molar-refractivity contribution is -0.133. The molecule has 8 heteroatoms. The number of hydrogen-bond acceptors (Lipinski definition) is 2. The fourth-order valence-corrected chi connectivity index (χ4v) is 1.88. The molecule has 1 aliphatic rings. The predicted octanol–water partition coefficient (Wildman–Crippen LogP) is 2.50. The molecule has 0 bridgehead atoms. The van der Waals surface area contributed by atoms with Crippen molar-refractivity contribution in [1.82, 2.24) is 10.2 Å². The Balaban J connectivity index is 2.10. The summed E-state index contributed by atoms with van der Waals surface area (Å²) in [6.07, 6.45) is 4.47. The van der Waals surface area contributed by atoms with E-state index >= 15 is 0 Å². The Morgan fingerprint density at radius 1 is 1.23 bits per heavy atom. The molecule has 2 rings (SSSR count). The maximum absolute atomic E-state index is 13.4. The zero-order chi connectivity index (χ0) is 16.3. The number of allylic oxidation sites excluding steroid dienone is 2. The van der Waals surface area contributed by atoms with Crippen molar-refractivity contribution >= 4 is 12.0 Å². The Morgan fingerprint density at radius 3 is 2.45 bits per heavy atom. The van der Waals surface area contributed by atoms with E-state index in [0.717, 1.165) is 4.90 Å². The Morgan fingerprint density at radius 2 is 1.86 bits per heavy atom. The molecule has 0 spiro atoms. The van der Waals surface area contributed by atoms with Gasteiger partial charge < -0.3 is 10.4 Å². The van der Waals surface area contributed by atoms with Gasteiger partial charge >= 0.3 is 12.0 Å². The second kappa shape index (κ2) is 6.33. The highest BCUT2D eigenvalue weighted by Gasteiger charge is 2.23. The normalized spacial score (nSPS) is 13.8. The van der Waals surface area contributed by atoms with Gasteiger partial charge in [-0.25, -0.2) is 22.8 Å². The smallest absolute Gasteiger partial charge is 0.352 e. The van der Waals surface area contributed by atoms with Crippen molar-refractivity contribution in [2.45, 2.75) is 13.0 Å². The van der Waals surface area contributed by atoms with Gasteiger partial charge in [0, 0.05) is 23.9 Å². The summed E-state index contributed by atoms with van der Waals surface area (Å²) in [5.74, 6) is -4.65. The van der Waals surface area contributed by atoms with Crippen molar-refractivity contribution in [3.63, 3.8) is 0 Å². The minimum atomic E-state index is -1.31. The first-order chi connectivity index (χ1) is 10.4. The van der Waals surface area contributed by atoms with E-state index in [1.807, 2.05) is 0 Å². The van der Waals surface area contributed by atoms with Crippen LogP contribution in [0, 0.1) is 17.5 Å². The summed E-state index contributed by atoms with van der Waals surface area (Å²) in [6.45, 7) is -0.548. The van der Waals surface area contributed by atoms with Crippen LogP contribution in [0.3, 0.4) is 0 Å². The first-order valence-electron chi connectivity index (χ1n) is 6.20. The Labute approximate surface area is 123 Å². The summed E-state index contributed by atoms with van der Waals surface area (Å²) in [7, 11) is 0. The summed E-state index contributed by atoms with van der Waals surface area (Å²) in [5.41, 5.74) is -0.781. The number of hydrogen-bond donors (Lipinski definition) is 2. The average molecular weight is 312 g/mol. The largest absolute Gasteiger partial charge is 0.477 e. The van der Waals surface area contributed by atoms with Crippen LogP contribution in [0.2, 0.25) is 0 Å². The Hall–Kier alpha value is -2.77. The van der Waals surface area contributed by atoms with Crippen LogP contribution in [0.25, 0.3) is 0 Å². The maximum atomic E-state index is 13.4. The van der Waals surface area contributed by atoms with Crippen molar-refractivity contribution in [2.75, 3.05) is 0 Å². The zero-order valence-electron chi connectivity index (χ0n) is 11.1. The van der Waals surface area contributed by atoms with Crippen molar-refractivity contribution in [2.24, 2.45) is 0 Å². The van der Waals surface area contributed by atoms with Crippen LogP contribution in [0.5, 0.6) is 0 Å². The highest BCUT2D eigenvalue weighted by Crippen LogP contribution is 2.16. The van der Waals surface area contributed by atoms with Gasteiger partial charge in [0.1, 0.15) is 23.1 Å². The molecule has 5 nitrogen and oxygen atoms in total. The quantitative estimate of drug-likeness (QED) is 0.901. The fourth-order valence-electron chi connectivity index (χ4n) is 1.88. The second-order valence-electron chi connectivity index (χ2n) is 4.39. The Bertz CT molecular complexity index is 663. The average Bonchev–Trinajstić information content (AvgIpc) is 2.45. The number of nitrogens with zero attached hydrogens (tertiary/aromatic N) is 1. The van der Waals surface area contributed by atoms with Crippen LogP contribution in [0.4, 0.5) is 18.0 Å². The molecule has 0 aromatic heterocycles. The minimum Gasteiger partial charge on any atom is -0.477 e. The van der Waals surface area contributed by atoms with Gasteiger partial charge in [0.05, 0.1) is 6.54 Å². The Kier molecular flexibility index (Phi) is 4.50. The molecule has 1 aromatic carbocycles. The molecule has 2 N–H and O–H groups in total. The van der Waals surface area contributed by atoms with Crippen molar-refractivity contribution in [1.29, 1.82) is 0 Å². The van der Waals surface area contributed by atoms with E-state index in [-0.39, 0.29) is 5.70 Å². The van der Waals surface area contributed by atoms with Crippen LogP contribution in [-0.4, -0.2) is 22.0 Å². The molecular formula is C14H11F3N2O3. The van der Waals surface area contributed by atoms with E-state index in [0.29, 0.717) is 18.6 Å². The number of carbonyl (C=O) groups excluding carboxylic acids is 1. The van der Waals surface area contributed by atoms with Gasteiger partial charge in [-0.2, -0.15) is 0 Å². The third-order valence-corrected chi connectivity index (χ3v) is 2.92. The molecule has 2 amide bonds. The monoisotopic (exact) mass is 312 g/mol. The zero-order valence-corrected chi connectivity index (χ0v) is 11.1.